The molecule has 1 aromatic carbocycles. The monoisotopic (exact) mass is 261 g/mol. The molecule has 0 spiro atoms. The SMILES string of the molecule is Cc1cccc(-c2nnc(CNCC(C)C)s2)c1. The number of aromatic nitrogens is 2. The maximum atomic E-state index is 4.25. The molecule has 0 saturated heterocycles. The zero-order valence-corrected chi connectivity index (χ0v) is 11.9. The standard InChI is InChI=1S/C14H19N3S/c1-10(2)8-15-9-13-16-17-14(18-13)12-6-4-5-11(3)7-12/h4-7,10,15H,8-9H2,1-3H3. The lowest BCUT2D eigenvalue weighted by atomic mass is 10.1. The normalized spacial score (nSPS) is 11.1. The van der Waals surface area contributed by atoms with Crippen molar-refractivity contribution >= 4 is 11.3 Å². The molecule has 0 amide bonds. The summed E-state index contributed by atoms with van der Waals surface area (Å²) in [7, 11) is 0. The number of aryl methyl sites for hydroxylation is 1. The molecule has 18 heavy (non-hydrogen) atoms. The van der Waals surface area contributed by atoms with Crippen LogP contribution in [0.1, 0.15) is 24.4 Å². The quantitative estimate of drug-likeness (QED) is 0.897. The van der Waals surface area contributed by atoms with Crippen molar-refractivity contribution in [3.63, 3.8) is 0 Å². The Morgan fingerprint density at radius 3 is 2.83 bits per heavy atom. The topological polar surface area (TPSA) is 37.8 Å². The van der Waals surface area contributed by atoms with Crippen molar-refractivity contribution < 1.29 is 0 Å². The predicted molar refractivity (Wildman–Crippen MR) is 76.6 cm³/mol. The highest BCUT2D eigenvalue weighted by atomic mass is 32.1. The smallest absolute Gasteiger partial charge is 0.147 e. The highest BCUT2D eigenvalue weighted by Gasteiger charge is 2.06. The van der Waals surface area contributed by atoms with E-state index in [2.05, 4.69) is 60.6 Å². The van der Waals surface area contributed by atoms with Crippen LogP contribution in [0.5, 0.6) is 0 Å². The first-order valence-corrected chi connectivity index (χ1v) is 7.07. The van der Waals surface area contributed by atoms with Crippen LogP contribution in [0.15, 0.2) is 24.3 Å². The van der Waals surface area contributed by atoms with Gasteiger partial charge in [0.15, 0.2) is 0 Å². The Morgan fingerprint density at radius 2 is 2.11 bits per heavy atom. The molecule has 3 nitrogen and oxygen atoms in total. The molecule has 0 saturated carbocycles. The largest absolute Gasteiger partial charge is 0.310 e. The van der Waals surface area contributed by atoms with E-state index in [9.17, 15) is 0 Å². The number of rotatable bonds is 5. The second-order valence-corrected chi connectivity index (χ2v) is 5.96. The Labute approximate surface area is 112 Å². The van der Waals surface area contributed by atoms with Gasteiger partial charge in [0.25, 0.3) is 0 Å². The van der Waals surface area contributed by atoms with Gasteiger partial charge in [-0.3, -0.25) is 0 Å². The first kappa shape index (κ1) is 13.2. The minimum atomic E-state index is 0.661. The molecule has 0 bridgehead atoms. The molecule has 0 aliphatic rings. The summed E-state index contributed by atoms with van der Waals surface area (Å²) in [6.07, 6.45) is 0. The second-order valence-electron chi connectivity index (χ2n) is 4.90. The van der Waals surface area contributed by atoms with Gasteiger partial charge < -0.3 is 5.32 Å². The van der Waals surface area contributed by atoms with Crippen LogP contribution in [0.25, 0.3) is 10.6 Å². The van der Waals surface area contributed by atoms with Crippen molar-refractivity contribution in [2.45, 2.75) is 27.3 Å². The van der Waals surface area contributed by atoms with Gasteiger partial charge >= 0.3 is 0 Å². The van der Waals surface area contributed by atoms with Crippen molar-refractivity contribution in [3.05, 3.63) is 34.8 Å². The molecule has 0 unspecified atom stereocenters. The van der Waals surface area contributed by atoms with Crippen LogP contribution in [-0.2, 0) is 6.54 Å². The Bertz CT molecular complexity index is 505. The van der Waals surface area contributed by atoms with E-state index in [1.54, 1.807) is 11.3 Å². The molecule has 0 aliphatic carbocycles. The molecule has 2 aromatic rings. The number of nitrogens with one attached hydrogen (secondary N) is 1. The average Bonchev–Trinajstić information content (AvgIpc) is 2.77. The van der Waals surface area contributed by atoms with Gasteiger partial charge in [-0.15, -0.1) is 10.2 Å². The minimum Gasteiger partial charge on any atom is -0.310 e. The predicted octanol–water partition coefficient (Wildman–Crippen LogP) is 3.26. The Hall–Kier alpha value is -1.26. The van der Waals surface area contributed by atoms with E-state index in [4.69, 9.17) is 0 Å². The van der Waals surface area contributed by atoms with Crippen molar-refractivity contribution in [3.8, 4) is 10.6 Å². The Balaban J connectivity index is 2.02. The molecule has 96 valence electrons. The third-order valence-corrected chi connectivity index (χ3v) is 3.53. The van der Waals surface area contributed by atoms with E-state index in [0.717, 1.165) is 28.7 Å². The van der Waals surface area contributed by atoms with E-state index in [1.807, 2.05) is 0 Å². The highest BCUT2D eigenvalue weighted by molar-refractivity contribution is 7.14. The molecule has 0 radical (unpaired) electrons. The third kappa shape index (κ3) is 3.62. The van der Waals surface area contributed by atoms with Crippen molar-refractivity contribution in [2.75, 3.05) is 6.54 Å². The van der Waals surface area contributed by atoms with Gasteiger partial charge in [-0.2, -0.15) is 0 Å². The van der Waals surface area contributed by atoms with E-state index >= 15 is 0 Å². The lowest BCUT2D eigenvalue weighted by Gasteiger charge is -2.03. The van der Waals surface area contributed by atoms with E-state index in [-0.39, 0.29) is 0 Å². The molecule has 1 aromatic heterocycles. The van der Waals surface area contributed by atoms with Crippen LogP contribution in [0.4, 0.5) is 0 Å². The molecule has 0 aliphatic heterocycles. The lowest BCUT2D eigenvalue weighted by molar-refractivity contribution is 0.550. The van der Waals surface area contributed by atoms with Crippen LogP contribution in [0.3, 0.4) is 0 Å². The molecule has 0 atom stereocenters. The minimum absolute atomic E-state index is 0.661. The fraction of sp³-hybridized carbons (Fsp3) is 0.429. The number of benzene rings is 1. The summed E-state index contributed by atoms with van der Waals surface area (Å²) in [5, 5.41) is 13.9. The van der Waals surface area contributed by atoms with Crippen LogP contribution in [-0.4, -0.2) is 16.7 Å². The van der Waals surface area contributed by atoms with Crippen LogP contribution in [0, 0.1) is 12.8 Å². The summed E-state index contributed by atoms with van der Waals surface area (Å²) in [5.74, 6) is 0.661. The summed E-state index contributed by atoms with van der Waals surface area (Å²) in [4.78, 5) is 0. The summed E-state index contributed by atoms with van der Waals surface area (Å²) in [6, 6.07) is 8.38. The molecule has 1 heterocycles. The van der Waals surface area contributed by atoms with Gasteiger partial charge in [0.1, 0.15) is 10.0 Å². The van der Waals surface area contributed by atoms with Crippen molar-refractivity contribution in [1.29, 1.82) is 0 Å². The van der Waals surface area contributed by atoms with Crippen LogP contribution in [0.2, 0.25) is 0 Å². The summed E-state index contributed by atoms with van der Waals surface area (Å²) < 4.78 is 0. The van der Waals surface area contributed by atoms with E-state index in [1.165, 1.54) is 5.56 Å². The third-order valence-electron chi connectivity index (χ3n) is 2.56. The average molecular weight is 261 g/mol. The fourth-order valence-corrected chi connectivity index (χ4v) is 2.49. The fourth-order valence-electron chi connectivity index (χ4n) is 1.69. The van der Waals surface area contributed by atoms with Gasteiger partial charge in [0.05, 0.1) is 0 Å². The lowest BCUT2D eigenvalue weighted by Crippen LogP contribution is -2.18. The van der Waals surface area contributed by atoms with E-state index < -0.39 is 0 Å². The van der Waals surface area contributed by atoms with Crippen molar-refractivity contribution in [1.82, 2.24) is 15.5 Å². The maximum Gasteiger partial charge on any atom is 0.147 e. The van der Waals surface area contributed by atoms with Gasteiger partial charge in [-0.25, -0.2) is 0 Å². The highest BCUT2D eigenvalue weighted by Crippen LogP contribution is 2.23. The molecule has 1 N–H and O–H groups in total. The number of hydrogen-bond donors (Lipinski definition) is 1. The molecular weight excluding hydrogens is 242 g/mol. The number of hydrogen-bond acceptors (Lipinski definition) is 4. The second kappa shape index (κ2) is 6.07. The first-order chi connectivity index (χ1) is 8.65. The Kier molecular flexibility index (Phi) is 4.44. The summed E-state index contributed by atoms with van der Waals surface area (Å²) in [5.41, 5.74) is 2.41. The van der Waals surface area contributed by atoms with Gasteiger partial charge in [0.2, 0.25) is 0 Å². The van der Waals surface area contributed by atoms with E-state index in [0.29, 0.717) is 5.92 Å². The van der Waals surface area contributed by atoms with Crippen LogP contribution >= 0.6 is 11.3 Å². The van der Waals surface area contributed by atoms with Crippen LogP contribution < -0.4 is 5.32 Å². The van der Waals surface area contributed by atoms with Gasteiger partial charge in [-0.1, -0.05) is 48.9 Å². The van der Waals surface area contributed by atoms with Gasteiger partial charge in [-0.05, 0) is 25.5 Å². The number of nitrogens with zero attached hydrogens (tertiary/aromatic N) is 2. The molecular formula is C14H19N3S. The Morgan fingerprint density at radius 1 is 1.28 bits per heavy atom. The maximum absolute atomic E-state index is 4.25. The first-order valence-electron chi connectivity index (χ1n) is 6.25. The molecule has 2 rings (SSSR count). The van der Waals surface area contributed by atoms with Crippen molar-refractivity contribution in [2.24, 2.45) is 5.92 Å². The molecule has 0 fully saturated rings. The zero-order chi connectivity index (χ0) is 13.0. The molecule has 4 heteroatoms. The summed E-state index contributed by atoms with van der Waals surface area (Å²) in [6.45, 7) is 8.31. The van der Waals surface area contributed by atoms with Gasteiger partial charge in [0, 0.05) is 12.1 Å². The summed E-state index contributed by atoms with van der Waals surface area (Å²) >= 11 is 1.66. The zero-order valence-electron chi connectivity index (χ0n) is 11.1.